The monoisotopic (exact) mass is 299 g/mol. The molecule has 0 bridgehead atoms. The second-order valence-electron chi connectivity index (χ2n) is 3.62. The molecule has 1 aromatic rings. The molecule has 0 radical (unpaired) electrons. The van der Waals surface area contributed by atoms with Crippen LogP contribution >= 0.6 is 27.5 Å². The first kappa shape index (κ1) is 13.6. The van der Waals surface area contributed by atoms with Crippen LogP contribution in [0.1, 0.15) is 25.3 Å². The van der Waals surface area contributed by atoms with Crippen molar-refractivity contribution < 1.29 is 0 Å². The molecular weight excluding hydrogens is 286 g/mol. The van der Waals surface area contributed by atoms with Gasteiger partial charge in [-0.15, -0.1) is 6.42 Å². The Morgan fingerprint density at radius 3 is 2.94 bits per heavy atom. The minimum Gasteiger partial charge on any atom is -0.300 e. The second-order valence-corrected chi connectivity index (χ2v) is 4.92. The average molecular weight is 301 g/mol. The van der Waals surface area contributed by atoms with Crippen LogP contribution in [0.3, 0.4) is 0 Å². The van der Waals surface area contributed by atoms with E-state index in [9.17, 15) is 0 Å². The zero-order chi connectivity index (χ0) is 12.0. The third kappa shape index (κ3) is 4.17. The van der Waals surface area contributed by atoms with Crippen molar-refractivity contribution in [2.45, 2.75) is 32.4 Å². The van der Waals surface area contributed by atoms with Crippen LogP contribution in [0.15, 0.2) is 22.7 Å². The van der Waals surface area contributed by atoms with Gasteiger partial charge in [-0.3, -0.25) is 5.32 Å². The Bertz CT molecular complexity index is 384. The number of hydrogen-bond donors (Lipinski definition) is 1. The topological polar surface area (TPSA) is 12.0 Å². The van der Waals surface area contributed by atoms with E-state index in [4.69, 9.17) is 18.0 Å². The molecule has 0 fully saturated rings. The molecular formula is C13H15BrClN. The quantitative estimate of drug-likeness (QED) is 0.811. The van der Waals surface area contributed by atoms with Crippen LogP contribution in [0.2, 0.25) is 5.02 Å². The molecule has 86 valence electrons. The van der Waals surface area contributed by atoms with Gasteiger partial charge in [0, 0.05) is 16.0 Å². The predicted octanol–water partition coefficient (Wildman–Crippen LogP) is 3.99. The normalized spacial score (nSPS) is 12.1. The summed E-state index contributed by atoms with van der Waals surface area (Å²) >= 11 is 9.43. The molecule has 0 aliphatic carbocycles. The van der Waals surface area contributed by atoms with Gasteiger partial charge in [-0.1, -0.05) is 46.8 Å². The maximum atomic E-state index is 5.94. The van der Waals surface area contributed by atoms with E-state index < -0.39 is 0 Å². The van der Waals surface area contributed by atoms with E-state index in [1.807, 2.05) is 18.2 Å². The Kier molecular flexibility index (Phi) is 5.90. The molecule has 3 heteroatoms. The largest absolute Gasteiger partial charge is 0.300 e. The zero-order valence-corrected chi connectivity index (χ0v) is 11.6. The highest BCUT2D eigenvalue weighted by molar-refractivity contribution is 9.10. The van der Waals surface area contributed by atoms with Crippen molar-refractivity contribution in [2.75, 3.05) is 0 Å². The fourth-order valence-electron chi connectivity index (χ4n) is 1.44. The molecule has 1 unspecified atom stereocenters. The standard InChI is InChI=1S/C13H15BrClN/c1-3-5-12(4-2)16-9-10-8-11(15)6-7-13(10)14/h2,6-8,12,16H,3,5,9H2,1H3. The fraction of sp³-hybridized carbons (Fsp3) is 0.385. The van der Waals surface area contributed by atoms with Crippen molar-refractivity contribution in [3.05, 3.63) is 33.3 Å². The number of rotatable bonds is 5. The first-order valence-electron chi connectivity index (χ1n) is 5.30. The van der Waals surface area contributed by atoms with Crippen LogP contribution in [-0.4, -0.2) is 6.04 Å². The Labute approximate surface area is 111 Å². The summed E-state index contributed by atoms with van der Waals surface area (Å²) in [6, 6.07) is 5.89. The summed E-state index contributed by atoms with van der Waals surface area (Å²) in [6.45, 7) is 2.86. The highest BCUT2D eigenvalue weighted by Gasteiger charge is 2.05. The first-order valence-corrected chi connectivity index (χ1v) is 6.48. The van der Waals surface area contributed by atoms with Crippen molar-refractivity contribution >= 4 is 27.5 Å². The first-order chi connectivity index (χ1) is 7.67. The molecule has 1 nitrogen and oxygen atoms in total. The molecule has 1 atom stereocenters. The van der Waals surface area contributed by atoms with Gasteiger partial charge in [-0.05, 0) is 30.2 Å². The minimum absolute atomic E-state index is 0.135. The number of terminal acetylenes is 1. The number of benzene rings is 1. The van der Waals surface area contributed by atoms with Gasteiger partial charge in [-0.2, -0.15) is 0 Å². The van der Waals surface area contributed by atoms with Crippen LogP contribution in [0.5, 0.6) is 0 Å². The van der Waals surface area contributed by atoms with Gasteiger partial charge in [0.2, 0.25) is 0 Å². The van der Waals surface area contributed by atoms with Crippen molar-refractivity contribution in [1.29, 1.82) is 0 Å². The summed E-state index contributed by atoms with van der Waals surface area (Å²) in [6.07, 6.45) is 7.52. The third-order valence-electron chi connectivity index (χ3n) is 2.33. The van der Waals surface area contributed by atoms with Gasteiger partial charge in [0.05, 0.1) is 6.04 Å². The van der Waals surface area contributed by atoms with Crippen molar-refractivity contribution in [3.63, 3.8) is 0 Å². The summed E-state index contributed by atoms with van der Waals surface area (Å²) in [5.41, 5.74) is 1.13. The Morgan fingerprint density at radius 2 is 2.31 bits per heavy atom. The summed E-state index contributed by atoms with van der Waals surface area (Å²) in [5, 5.41) is 4.07. The average Bonchev–Trinajstić information content (AvgIpc) is 2.28. The van der Waals surface area contributed by atoms with Gasteiger partial charge < -0.3 is 0 Å². The molecule has 0 amide bonds. The third-order valence-corrected chi connectivity index (χ3v) is 3.33. The smallest absolute Gasteiger partial charge is 0.0689 e. The lowest BCUT2D eigenvalue weighted by Gasteiger charge is -2.13. The zero-order valence-electron chi connectivity index (χ0n) is 9.26. The summed E-state index contributed by atoms with van der Waals surface area (Å²) in [4.78, 5) is 0. The molecule has 0 aromatic heterocycles. The summed E-state index contributed by atoms with van der Waals surface area (Å²) < 4.78 is 1.05. The van der Waals surface area contributed by atoms with Crippen LogP contribution in [0.4, 0.5) is 0 Å². The minimum atomic E-state index is 0.135. The second kappa shape index (κ2) is 6.96. The molecule has 1 aromatic carbocycles. The lowest BCUT2D eigenvalue weighted by Crippen LogP contribution is -2.26. The van der Waals surface area contributed by atoms with Crippen molar-refractivity contribution in [3.8, 4) is 12.3 Å². The van der Waals surface area contributed by atoms with Crippen LogP contribution < -0.4 is 5.32 Å². The molecule has 1 N–H and O–H groups in total. The summed E-state index contributed by atoms with van der Waals surface area (Å²) in [5.74, 6) is 2.75. The molecule has 1 rings (SSSR count). The highest BCUT2D eigenvalue weighted by Crippen LogP contribution is 2.21. The van der Waals surface area contributed by atoms with E-state index >= 15 is 0 Å². The van der Waals surface area contributed by atoms with Gasteiger partial charge in [0.15, 0.2) is 0 Å². The number of nitrogens with one attached hydrogen (secondary N) is 1. The maximum absolute atomic E-state index is 5.94. The summed E-state index contributed by atoms with van der Waals surface area (Å²) in [7, 11) is 0. The van der Waals surface area contributed by atoms with Crippen LogP contribution in [0, 0.1) is 12.3 Å². The van der Waals surface area contributed by atoms with E-state index in [1.54, 1.807) is 0 Å². The van der Waals surface area contributed by atoms with Gasteiger partial charge in [0.1, 0.15) is 0 Å². The van der Waals surface area contributed by atoms with E-state index in [0.717, 1.165) is 34.4 Å². The Hall–Kier alpha value is -0.490. The van der Waals surface area contributed by atoms with E-state index in [2.05, 4.69) is 34.1 Å². The molecule has 0 saturated carbocycles. The molecule has 0 aliphatic heterocycles. The van der Waals surface area contributed by atoms with E-state index in [0.29, 0.717) is 0 Å². The van der Waals surface area contributed by atoms with Crippen molar-refractivity contribution in [2.24, 2.45) is 0 Å². The molecule has 0 saturated heterocycles. The SMILES string of the molecule is C#CC(CCC)NCc1cc(Cl)ccc1Br. The number of hydrogen-bond acceptors (Lipinski definition) is 1. The highest BCUT2D eigenvalue weighted by atomic mass is 79.9. The molecule has 16 heavy (non-hydrogen) atoms. The number of halogens is 2. The maximum Gasteiger partial charge on any atom is 0.0689 e. The Balaban J connectivity index is 2.60. The predicted molar refractivity (Wildman–Crippen MR) is 73.5 cm³/mol. The van der Waals surface area contributed by atoms with Crippen molar-refractivity contribution in [1.82, 2.24) is 5.32 Å². The Morgan fingerprint density at radius 1 is 1.56 bits per heavy atom. The molecule has 0 aliphatic rings. The van der Waals surface area contributed by atoms with E-state index in [-0.39, 0.29) is 6.04 Å². The van der Waals surface area contributed by atoms with Crippen LogP contribution in [0.25, 0.3) is 0 Å². The fourth-order valence-corrected chi connectivity index (χ4v) is 2.03. The molecule has 0 heterocycles. The van der Waals surface area contributed by atoms with Gasteiger partial charge in [0.25, 0.3) is 0 Å². The van der Waals surface area contributed by atoms with Gasteiger partial charge >= 0.3 is 0 Å². The van der Waals surface area contributed by atoms with Crippen LogP contribution in [-0.2, 0) is 6.54 Å². The van der Waals surface area contributed by atoms with Gasteiger partial charge in [-0.25, -0.2) is 0 Å². The molecule has 0 spiro atoms. The lowest BCUT2D eigenvalue weighted by atomic mass is 10.1. The lowest BCUT2D eigenvalue weighted by molar-refractivity contribution is 0.562. The van der Waals surface area contributed by atoms with E-state index in [1.165, 1.54) is 0 Å².